The molecule has 98 heavy (non-hydrogen) atoms. The number of nitrogens with zero attached hydrogens (tertiary/aromatic N) is 9. The minimum atomic E-state index is -4.76. The Morgan fingerprint density at radius 3 is 1.82 bits per heavy atom. The van der Waals surface area contributed by atoms with Gasteiger partial charge in [0.2, 0.25) is 70.9 Å². The van der Waals surface area contributed by atoms with Gasteiger partial charge in [-0.05, 0) is 125 Å². The number of carbonyl (C=O) groups is 12. The second kappa shape index (κ2) is 34.3. The van der Waals surface area contributed by atoms with E-state index in [1.54, 1.807) is 18.7 Å². The van der Waals surface area contributed by atoms with E-state index in [4.69, 9.17) is 11.6 Å². The third kappa shape index (κ3) is 19.3. The van der Waals surface area contributed by atoms with Crippen molar-refractivity contribution in [3.05, 3.63) is 34.3 Å². The molecule has 3 N–H and O–H groups in total. The Hall–Kier alpha value is -7.06. The molecule has 1 aromatic carbocycles. The van der Waals surface area contributed by atoms with Gasteiger partial charge in [-0.3, -0.25) is 57.5 Å². The number of amides is 12. The molecule has 546 valence electrons. The van der Waals surface area contributed by atoms with Crippen LogP contribution < -0.4 is 16.0 Å². The number of hydrogen-bond acceptors (Lipinski definition) is 12. The number of piperidine rings is 1. The Balaban J connectivity index is 1.26. The first-order valence-corrected chi connectivity index (χ1v) is 35.7. The van der Waals surface area contributed by atoms with Gasteiger partial charge in [0.15, 0.2) is 0 Å². The summed E-state index contributed by atoms with van der Waals surface area (Å²) in [4.78, 5) is 189. The van der Waals surface area contributed by atoms with Gasteiger partial charge in [0.25, 0.3) is 0 Å². The van der Waals surface area contributed by atoms with Crippen molar-refractivity contribution < 1.29 is 70.7 Å². The van der Waals surface area contributed by atoms with E-state index in [1.165, 1.54) is 84.8 Å². The first kappa shape index (κ1) is 78.3. The van der Waals surface area contributed by atoms with Crippen molar-refractivity contribution in [1.29, 1.82) is 0 Å². The third-order valence-electron chi connectivity index (χ3n) is 21.3. The zero-order valence-electron chi connectivity index (χ0n) is 59.3. The van der Waals surface area contributed by atoms with Gasteiger partial charge < -0.3 is 60.0 Å². The van der Waals surface area contributed by atoms with Crippen LogP contribution in [0.5, 0.6) is 0 Å². The molecule has 1 spiro atoms. The summed E-state index contributed by atoms with van der Waals surface area (Å²) in [5.74, 6) is -8.78. The lowest BCUT2D eigenvalue weighted by atomic mass is 9.79. The van der Waals surface area contributed by atoms with E-state index >= 15 is 19.2 Å². The van der Waals surface area contributed by atoms with Gasteiger partial charge in [0.1, 0.15) is 47.8 Å². The summed E-state index contributed by atoms with van der Waals surface area (Å²) < 4.78 is 41.5. The van der Waals surface area contributed by atoms with Crippen LogP contribution in [0.25, 0.3) is 0 Å². The molecule has 24 nitrogen and oxygen atoms in total. The lowest BCUT2D eigenvalue weighted by molar-refractivity contribution is -0.156. The Labute approximate surface area is 580 Å². The largest absolute Gasteiger partial charge is 0.417 e. The van der Waals surface area contributed by atoms with Gasteiger partial charge in [-0.2, -0.15) is 13.2 Å². The number of hydrogen-bond donors (Lipinski definition) is 3. The monoisotopic (exact) mass is 1400 g/mol. The minimum Gasteiger partial charge on any atom is -0.343 e. The summed E-state index contributed by atoms with van der Waals surface area (Å²) in [5, 5.41) is 8.15. The summed E-state index contributed by atoms with van der Waals surface area (Å²) in [6.07, 6.45) is 5.10. The lowest BCUT2D eigenvalue weighted by Crippen LogP contribution is -2.65. The summed E-state index contributed by atoms with van der Waals surface area (Å²) in [6, 6.07) is -5.52. The SMILES string of the molecule is CC(C)C[C@H]1C(=O)N[C@@H](C2CCC2)C(=O)N(C)CC(=O)N(C)CC(=O)N(C)[C@@H](CC2CCCCC2)C(=O)N(C)CC(=O)N[C@@H](CCc2ccc(C(F)(F)F)c(Cl)c2)C(=O)N2CCCC2C(=O)NC2(CCCC2)C(=O)N(C)[C@@H](C(C)C)C(=O)N(C)[C@H](C(=O)N2CCCCC2)CC(=O)N1C. The molecular formula is C70H106ClF3N12O12. The van der Waals surface area contributed by atoms with Gasteiger partial charge in [0.05, 0.1) is 36.6 Å². The molecule has 3 aliphatic heterocycles. The van der Waals surface area contributed by atoms with Crippen LogP contribution in [-0.2, 0) is 70.1 Å². The standard InChI is InChI=1S/C70H106ClF3N12O12/c1-43(2)36-52-61(91)76-59(47-24-20-25-47)66(96)80(7)41-57(89)78(5)42-58(90)82(9)53(38-45-22-14-12-15-23-45)64(94)79(6)40-55(87)75-50(30-28-46-27-29-48(49(71)37-46)70(72,73)74)63(93)86-35-21-26-51(86)62(92)77-69(31-16-17-32-69)68(98)84(11)60(44(3)4)67(97)83(10)54(39-56(88)81(52)8)65(95)85-33-18-13-19-34-85/h27,29,37,43-45,47,50-54,59-60H,12-26,28,30-36,38-42H2,1-11H3,(H,75,87)(H,76,91)(H,77,92)/t50-,51?,52-,53-,54-,59-,60-/m0/s1. The van der Waals surface area contributed by atoms with E-state index in [1.807, 2.05) is 13.8 Å². The van der Waals surface area contributed by atoms with Crippen molar-refractivity contribution in [2.45, 2.75) is 223 Å². The maximum Gasteiger partial charge on any atom is 0.417 e. The number of benzene rings is 1. The number of likely N-dealkylation sites (N-methyl/N-ethyl adjacent to an activating group) is 7. The number of likely N-dealkylation sites (tertiary alicyclic amines) is 1. The quantitative estimate of drug-likeness (QED) is 0.271. The summed E-state index contributed by atoms with van der Waals surface area (Å²) >= 11 is 6.14. The van der Waals surface area contributed by atoms with Crippen molar-refractivity contribution in [2.75, 3.05) is 88.6 Å². The summed E-state index contributed by atoms with van der Waals surface area (Å²) in [7, 11) is 9.92. The van der Waals surface area contributed by atoms with Crippen LogP contribution in [0.2, 0.25) is 5.02 Å². The van der Waals surface area contributed by atoms with E-state index in [9.17, 15) is 51.5 Å². The summed E-state index contributed by atoms with van der Waals surface area (Å²) in [6.45, 7) is 6.34. The predicted octanol–water partition coefficient (Wildman–Crippen LogP) is 5.25. The molecule has 7 atom stereocenters. The van der Waals surface area contributed by atoms with Crippen LogP contribution in [-0.4, -0.2) is 251 Å². The second-order valence-corrected chi connectivity index (χ2v) is 29.7. The Kier molecular flexibility index (Phi) is 27.4. The minimum absolute atomic E-state index is 0.0232. The molecule has 28 heteroatoms. The molecule has 3 saturated heterocycles. The van der Waals surface area contributed by atoms with Crippen molar-refractivity contribution >= 4 is 82.5 Å². The molecular weight excluding hydrogens is 1290 g/mol. The van der Waals surface area contributed by atoms with Gasteiger partial charge in [0, 0.05) is 69.0 Å². The number of fused-ring (bicyclic) bond motifs is 1. The summed E-state index contributed by atoms with van der Waals surface area (Å²) in [5.41, 5.74) is -2.35. The fourth-order valence-corrected chi connectivity index (χ4v) is 15.4. The van der Waals surface area contributed by atoms with Crippen LogP contribution in [0.1, 0.15) is 174 Å². The molecule has 6 fully saturated rings. The number of carbonyl (C=O) groups excluding carboxylic acids is 12. The second-order valence-electron chi connectivity index (χ2n) is 29.3. The van der Waals surface area contributed by atoms with E-state index < -0.39 is 167 Å². The number of rotatable bonds is 10. The van der Waals surface area contributed by atoms with Crippen molar-refractivity contribution in [1.82, 2.24) is 60.0 Å². The van der Waals surface area contributed by atoms with Crippen molar-refractivity contribution in [3.8, 4) is 0 Å². The van der Waals surface area contributed by atoms with E-state index in [0.29, 0.717) is 63.6 Å². The van der Waals surface area contributed by atoms with Crippen LogP contribution in [0, 0.1) is 23.7 Å². The molecule has 3 aliphatic carbocycles. The van der Waals surface area contributed by atoms with Crippen LogP contribution >= 0.6 is 11.6 Å². The zero-order chi connectivity index (χ0) is 72.2. The van der Waals surface area contributed by atoms with E-state index in [-0.39, 0.29) is 69.2 Å². The molecule has 7 rings (SSSR count). The first-order valence-electron chi connectivity index (χ1n) is 35.3. The average molecular weight is 1400 g/mol. The number of nitrogens with one attached hydrogen (secondary N) is 3. The fraction of sp³-hybridized carbons (Fsp3) is 0.743. The average Bonchev–Trinajstić information content (AvgIpc) is 1.29. The molecule has 0 bridgehead atoms. The van der Waals surface area contributed by atoms with Gasteiger partial charge >= 0.3 is 6.18 Å². The molecule has 1 aromatic rings. The highest BCUT2D eigenvalue weighted by Crippen LogP contribution is 2.38. The smallest absolute Gasteiger partial charge is 0.343 e. The number of alkyl halides is 3. The molecule has 0 radical (unpaired) electrons. The van der Waals surface area contributed by atoms with Crippen molar-refractivity contribution in [2.24, 2.45) is 23.7 Å². The van der Waals surface area contributed by atoms with Gasteiger partial charge in [-0.25, -0.2) is 0 Å². The Bertz CT molecular complexity index is 3080. The number of aryl methyl sites for hydroxylation is 1. The van der Waals surface area contributed by atoms with Crippen molar-refractivity contribution in [3.63, 3.8) is 0 Å². The van der Waals surface area contributed by atoms with E-state index in [2.05, 4.69) is 16.0 Å². The predicted molar refractivity (Wildman–Crippen MR) is 360 cm³/mol. The molecule has 0 aromatic heterocycles. The lowest BCUT2D eigenvalue weighted by Gasteiger charge is -2.42. The highest BCUT2D eigenvalue weighted by Gasteiger charge is 2.51. The maximum atomic E-state index is 15.4. The van der Waals surface area contributed by atoms with Crippen LogP contribution in [0.3, 0.4) is 0 Å². The normalized spacial score (nSPS) is 26.7. The van der Waals surface area contributed by atoms with Gasteiger partial charge in [-0.1, -0.05) is 96.7 Å². The number of halogens is 4. The maximum absolute atomic E-state index is 15.4. The Morgan fingerprint density at radius 1 is 0.612 bits per heavy atom. The highest BCUT2D eigenvalue weighted by atomic mass is 35.5. The molecule has 3 saturated carbocycles. The van der Waals surface area contributed by atoms with Gasteiger partial charge in [-0.15, -0.1) is 0 Å². The first-order chi connectivity index (χ1) is 46.2. The zero-order valence-corrected chi connectivity index (χ0v) is 60.1. The molecule has 12 amide bonds. The molecule has 6 aliphatic rings. The van der Waals surface area contributed by atoms with E-state index in [0.717, 1.165) is 66.9 Å². The third-order valence-corrected chi connectivity index (χ3v) is 21.6. The Morgan fingerprint density at radius 2 is 1.22 bits per heavy atom. The van der Waals surface area contributed by atoms with Crippen LogP contribution in [0.4, 0.5) is 13.2 Å². The topological polar surface area (TPSA) is 270 Å². The van der Waals surface area contributed by atoms with Crippen LogP contribution in [0.15, 0.2) is 18.2 Å². The molecule has 3 heterocycles. The highest BCUT2D eigenvalue weighted by molar-refractivity contribution is 6.31. The fourth-order valence-electron chi connectivity index (χ4n) is 15.1. The molecule has 1 unspecified atom stereocenters.